The van der Waals surface area contributed by atoms with Crippen LogP contribution >= 0.6 is 0 Å². The van der Waals surface area contributed by atoms with Gasteiger partial charge in [-0.25, -0.2) is 9.59 Å². The first-order valence-electron chi connectivity index (χ1n) is 10.5. The molecule has 0 aromatic heterocycles. The van der Waals surface area contributed by atoms with E-state index in [0.29, 0.717) is 19.4 Å². The van der Waals surface area contributed by atoms with Gasteiger partial charge in [0, 0.05) is 13.0 Å². The molecule has 162 valence electrons. The highest BCUT2D eigenvalue weighted by Gasteiger charge is 2.18. The number of aliphatic carboxylic acids is 1. The van der Waals surface area contributed by atoms with Crippen molar-refractivity contribution < 1.29 is 24.2 Å². The third-order valence-electron chi connectivity index (χ3n) is 4.54. The summed E-state index contributed by atoms with van der Waals surface area (Å²) in [6.45, 7) is 2.81. The number of hydrogen-bond acceptors (Lipinski definition) is 4. The van der Waals surface area contributed by atoms with E-state index in [4.69, 9.17) is 4.74 Å². The molecule has 1 aromatic rings. The Bertz CT molecular complexity index is 606. The second-order valence-corrected chi connectivity index (χ2v) is 7.11. The first kappa shape index (κ1) is 24.5. The average Bonchev–Trinajstić information content (AvgIpc) is 2.71. The van der Waals surface area contributed by atoms with Crippen molar-refractivity contribution in [2.24, 2.45) is 0 Å². The Balaban J connectivity index is 2.07. The SMILES string of the molecule is CCCCCC[C@@H](NC(=O)CCCCCNC(=O)OCc1ccccc1)C(=O)O. The van der Waals surface area contributed by atoms with Gasteiger partial charge in [-0.3, -0.25) is 4.79 Å². The Labute approximate surface area is 173 Å². The number of carbonyl (C=O) groups is 3. The highest BCUT2D eigenvalue weighted by Crippen LogP contribution is 2.07. The van der Waals surface area contributed by atoms with Gasteiger partial charge < -0.3 is 20.5 Å². The lowest BCUT2D eigenvalue weighted by Gasteiger charge is -2.14. The van der Waals surface area contributed by atoms with Gasteiger partial charge in [0.05, 0.1) is 0 Å². The monoisotopic (exact) mass is 406 g/mol. The van der Waals surface area contributed by atoms with E-state index < -0.39 is 18.1 Å². The number of hydrogen-bond donors (Lipinski definition) is 3. The number of nitrogens with one attached hydrogen (secondary N) is 2. The van der Waals surface area contributed by atoms with Crippen molar-refractivity contribution in [1.82, 2.24) is 10.6 Å². The number of rotatable bonds is 15. The minimum absolute atomic E-state index is 0.232. The van der Waals surface area contributed by atoms with Gasteiger partial charge in [0.15, 0.2) is 0 Å². The molecular formula is C22H34N2O5. The average molecular weight is 407 g/mol. The zero-order valence-electron chi connectivity index (χ0n) is 17.3. The maximum absolute atomic E-state index is 11.9. The van der Waals surface area contributed by atoms with Crippen molar-refractivity contribution in [1.29, 1.82) is 0 Å². The van der Waals surface area contributed by atoms with E-state index in [2.05, 4.69) is 17.6 Å². The van der Waals surface area contributed by atoms with Crippen LogP contribution in [0.25, 0.3) is 0 Å². The third kappa shape index (κ3) is 12.5. The molecule has 29 heavy (non-hydrogen) atoms. The molecule has 0 spiro atoms. The van der Waals surface area contributed by atoms with Gasteiger partial charge in [-0.15, -0.1) is 0 Å². The van der Waals surface area contributed by atoms with Gasteiger partial charge in [0.2, 0.25) is 5.91 Å². The molecule has 0 heterocycles. The molecule has 3 N–H and O–H groups in total. The maximum Gasteiger partial charge on any atom is 0.407 e. The van der Waals surface area contributed by atoms with Crippen LogP contribution in [-0.2, 0) is 20.9 Å². The predicted molar refractivity (Wildman–Crippen MR) is 111 cm³/mol. The van der Waals surface area contributed by atoms with E-state index in [1.165, 1.54) is 0 Å². The lowest BCUT2D eigenvalue weighted by Crippen LogP contribution is -2.40. The number of carboxylic acid groups (broad SMARTS) is 1. The molecule has 0 bridgehead atoms. The minimum Gasteiger partial charge on any atom is -0.480 e. The molecule has 0 saturated heterocycles. The van der Waals surface area contributed by atoms with Crippen molar-refractivity contribution in [3.8, 4) is 0 Å². The number of amides is 2. The maximum atomic E-state index is 11.9. The molecule has 0 aliphatic heterocycles. The van der Waals surface area contributed by atoms with Crippen molar-refractivity contribution in [2.45, 2.75) is 77.4 Å². The summed E-state index contributed by atoms with van der Waals surface area (Å²) in [5.41, 5.74) is 0.929. The van der Waals surface area contributed by atoms with Crippen LogP contribution in [0.3, 0.4) is 0 Å². The quantitative estimate of drug-likeness (QED) is 0.382. The van der Waals surface area contributed by atoms with Gasteiger partial charge in [-0.1, -0.05) is 69.4 Å². The molecule has 7 heteroatoms. The van der Waals surface area contributed by atoms with Crippen molar-refractivity contribution in [2.75, 3.05) is 6.54 Å². The van der Waals surface area contributed by atoms with Crippen LogP contribution in [0.1, 0.15) is 70.3 Å². The topological polar surface area (TPSA) is 105 Å². The summed E-state index contributed by atoms with van der Waals surface area (Å²) < 4.78 is 5.12. The van der Waals surface area contributed by atoms with Gasteiger partial charge in [-0.2, -0.15) is 0 Å². The normalized spacial score (nSPS) is 11.5. The summed E-state index contributed by atoms with van der Waals surface area (Å²) in [7, 11) is 0. The van der Waals surface area contributed by atoms with Crippen LogP contribution in [0, 0.1) is 0 Å². The Morgan fingerprint density at radius 3 is 2.41 bits per heavy atom. The standard InChI is InChI=1S/C22H34N2O5/c1-2-3-4-9-14-19(21(26)27)24-20(25)15-10-6-11-16-23-22(28)29-17-18-12-7-5-8-13-18/h5,7-8,12-13,19H,2-4,6,9-11,14-17H2,1H3,(H,23,28)(H,24,25)(H,26,27)/t19-/m1/s1. The molecule has 0 radical (unpaired) electrons. The van der Waals surface area contributed by atoms with E-state index in [1.807, 2.05) is 30.3 Å². The Morgan fingerprint density at radius 1 is 1.00 bits per heavy atom. The Kier molecular flexibility index (Phi) is 13.0. The van der Waals surface area contributed by atoms with Crippen LogP contribution in [0.5, 0.6) is 0 Å². The summed E-state index contributed by atoms with van der Waals surface area (Å²) in [4.78, 5) is 34.8. The molecule has 0 aliphatic rings. The van der Waals surface area contributed by atoms with Crippen LogP contribution in [0.4, 0.5) is 4.79 Å². The fraction of sp³-hybridized carbons (Fsp3) is 0.591. The van der Waals surface area contributed by atoms with Crippen molar-refractivity contribution >= 4 is 18.0 Å². The fourth-order valence-corrected chi connectivity index (χ4v) is 2.85. The van der Waals surface area contributed by atoms with Crippen LogP contribution < -0.4 is 10.6 Å². The molecule has 0 fully saturated rings. The van der Waals surface area contributed by atoms with E-state index in [9.17, 15) is 19.5 Å². The number of unbranched alkanes of at least 4 members (excludes halogenated alkanes) is 5. The second kappa shape index (κ2) is 15.4. The van der Waals surface area contributed by atoms with E-state index in [-0.39, 0.29) is 18.9 Å². The summed E-state index contributed by atoms with van der Waals surface area (Å²) in [5.74, 6) is -1.21. The lowest BCUT2D eigenvalue weighted by atomic mass is 10.1. The number of carbonyl (C=O) groups excluding carboxylic acids is 2. The van der Waals surface area contributed by atoms with Gasteiger partial charge in [0.1, 0.15) is 12.6 Å². The highest BCUT2D eigenvalue weighted by atomic mass is 16.5. The van der Waals surface area contributed by atoms with Crippen LogP contribution in [0.15, 0.2) is 30.3 Å². The Hall–Kier alpha value is -2.57. The summed E-state index contributed by atoms with van der Waals surface area (Å²) in [5, 5.41) is 14.5. The fourth-order valence-electron chi connectivity index (χ4n) is 2.85. The first-order chi connectivity index (χ1) is 14.0. The van der Waals surface area contributed by atoms with Gasteiger partial charge in [0.25, 0.3) is 0 Å². The zero-order valence-corrected chi connectivity index (χ0v) is 17.3. The minimum atomic E-state index is -0.979. The summed E-state index contributed by atoms with van der Waals surface area (Å²) in [6.07, 6.45) is 6.39. The largest absolute Gasteiger partial charge is 0.480 e. The molecule has 0 aliphatic carbocycles. The first-order valence-corrected chi connectivity index (χ1v) is 10.5. The highest BCUT2D eigenvalue weighted by molar-refractivity contribution is 5.83. The number of benzene rings is 1. The van der Waals surface area contributed by atoms with Crippen LogP contribution in [-0.4, -0.2) is 35.7 Å². The molecule has 1 aromatic carbocycles. The lowest BCUT2D eigenvalue weighted by molar-refractivity contribution is -0.142. The molecule has 0 unspecified atom stereocenters. The molecule has 7 nitrogen and oxygen atoms in total. The summed E-state index contributed by atoms with van der Waals surface area (Å²) >= 11 is 0. The van der Waals surface area contributed by atoms with Crippen molar-refractivity contribution in [3.05, 3.63) is 35.9 Å². The summed E-state index contributed by atoms with van der Waals surface area (Å²) in [6, 6.07) is 8.65. The number of carboxylic acids is 1. The van der Waals surface area contributed by atoms with Crippen LogP contribution in [0.2, 0.25) is 0 Å². The van der Waals surface area contributed by atoms with E-state index >= 15 is 0 Å². The molecular weight excluding hydrogens is 372 g/mol. The second-order valence-electron chi connectivity index (χ2n) is 7.11. The number of alkyl carbamates (subject to hydrolysis) is 1. The smallest absolute Gasteiger partial charge is 0.407 e. The zero-order chi connectivity index (χ0) is 21.3. The van der Waals surface area contributed by atoms with Gasteiger partial charge >= 0.3 is 12.1 Å². The predicted octanol–water partition coefficient (Wildman–Crippen LogP) is 4.01. The van der Waals surface area contributed by atoms with E-state index in [0.717, 1.165) is 44.1 Å². The van der Waals surface area contributed by atoms with Crippen molar-refractivity contribution in [3.63, 3.8) is 0 Å². The van der Waals surface area contributed by atoms with E-state index in [1.54, 1.807) is 0 Å². The molecule has 1 rings (SSSR count). The molecule has 2 amide bonds. The molecule has 0 saturated carbocycles. The number of ether oxygens (including phenoxy) is 1. The third-order valence-corrected chi connectivity index (χ3v) is 4.54. The molecule has 1 atom stereocenters. The Morgan fingerprint density at radius 2 is 1.72 bits per heavy atom. The van der Waals surface area contributed by atoms with Gasteiger partial charge in [-0.05, 0) is 24.8 Å².